The molecule has 1 N–H and O–H groups in total. The normalized spacial score (nSPS) is 25.3. The monoisotopic (exact) mass is 166 g/mol. The van der Waals surface area contributed by atoms with E-state index in [0.717, 1.165) is 12.8 Å². The van der Waals surface area contributed by atoms with Crippen LogP contribution in [0.1, 0.15) is 19.3 Å². The fourth-order valence-electron chi connectivity index (χ4n) is 1.24. The topological polar surface area (TPSA) is 54.4 Å². The number of aliphatic carboxylic acids is 1. The van der Waals surface area contributed by atoms with Gasteiger partial charge in [0.15, 0.2) is 6.29 Å². The third kappa shape index (κ3) is 2.39. The van der Waals surface area contributed by atoms with Gasteiger partial charge in [0, 0.05) is 6.42 Å². The second-order valence-corrected chi connectivity index (χ2v) is 2.92. The predicted molar refractivity (Wildman–Crippen MR) is 42.3 cm³/mol. The van der Waals surface area contributed by atoms with Crippen LogP contribution in [0.2, 0.25) is 0 Å². The molecule has 0 bridgehead atoms. The van der Waals surface area contributed by atoms with Crippen molar-refractivity contribution in [3.8, 4) is 11.8 Å². The molecule has 0 aliphatic heterocycles. The largest absolute Gasteiger partial charge is 0.481 e. The SMILES string of the molecule is O=CC#CCCC1CC1C(=O)O. The summed E-state index contributed by atoms with van der Waals surface area (Å²) in [6.07, 6.45) is 2.77. The highest BCUT2D eigenvalue weighted by atomic mass is 16.4. The van der Waals surface area contributed by atoms with Crippen LogP contribution in [0, 0.1) is 23.7 Å². The number of hydrogen-bond acceptors (Lipinski definition) is 2. The lowest BCUT2D eigenvalue weighted by Crippen LogP contribution is -1.98. The molecule has 1 saturated carbocycles. The van der Waals surface area contributed by atoms with Gasteiger partial charge >= 0.3 is 5.97 Å². The number of carboxylic acids is 1. The molecule has 1 fully saturated rings. The first-order valence-electron chi connectivity index (χ1n) is 3.90. The number of carboxylic acid groups (broad SMARTS) is 1. The number of hydrogen-bond donors (Lipinski definition) is 1. The highest BCUT2D eigenvalue weighted by molar-refractivity contribution is 5.73. The van der Waals surface area contributed by atoms with E-state index in [1.807, 2.05) is 0 Å². The van der Waals surface area contributed by atoms with Crippen molar-refractivity contribution in [1.29, 1.82) is 0 Å². The van der Waals surface area contributed by atoms with Crippen molar-refractivity contribution in [2.75, 3.05) is 0 Å². The molecule has 3 nitrogen and oxygen atoms in total. The molecule has 2 unspecified atom stereocenters. The Hall–Kier alpha value is -1.30. The van der Waals surface area contributed by atoms with Crippen LogP contribution in [0.25, 0.3) is 0 Å². The number of aldehydes is 1. The van der Waals surface area contributed by atoms with Gasteiger partial charge in [-0.2, -0.15) is 0 Å². The van der Waals surface area contributed by atoms with E-state index in [9.17, 15) is 9.59 Å². The fraction of sp³-hybridized carbons (Fsp3) is 0.556. The molecule has 2 atom stereocenters. The van der Waals surface area contributed by atoms with Gasteiger partial charge in [0.05, 0.1) is 5.92 Å². The Balaban J connectivity index is 2.12. The average molecular weight is 166 g/mol. The highest BCUT2D eigenvalue weighted by Gasteiger charge is 2.42. The van der Waals surface area contributed by atoms with Crippen LogP contribution in [0.15, 0.2) is 0 Å². The van der Waals surface area contributed by atoms with E-state index in [2.05, 4.69) is 11.8 Å². The van der Waals surface area contributed by atoms with Gasteiger partial charge in [-0.3, -0.25) is 9.59 Å². The number of rotatable bonds is 3. The summed E-state index contributed by atoms with van der Waals surface area (Å²) in [5.74, 6) is 4.39. The average Bonchev–Trinajstić information content (AvgIpc) is 2.77. The van der Waals surface area contributed by atoms with E-state index in [4.69, 9.17) is 5.11 Å². The number of carbonyl (C=O) groups is 2. The zero-order valence-electron chi connectivity index (χ0n) is 6.62. The molecule has 0 aromatic rings. The Morgan fingerprint density at radius 3 is 2.92 bits per heavy atom. The predicted octanol–water partition coefficient (Wildman–Crippen LogP) is 0.690. The van der Waals surface area contributed by atoms with E-state index >= 15 is 0 Å². The number of carbonyl (C=O) groups excluding carboxylic acids is 1. The molecule has 0 radical (unpaired) electrons. The molecule has 1 aliphatic carbocycles. The van der Waals surface area contributed by atoms with Gasteiger partial charge in [-0.25, -0.2) is 0 Å². The van der Waals surface area contributed by atoms with E-state index < -0.39 is 5.97 Å². The van der Waals surface area contributed by atoms with Crippen molar-refractivity contribution in [2.45, 2.75) is 19.3 Å². The summed E-state index contributed by atoms with van der Waals surface area (Å²) in [5.41, 5.74) is 0. The first kappa shape index (κ1) is 8.79. The summed E-state index contributed by atoms with van der Waals surface area (Å²) in [4.78, 5) is 20.1. The smallest absolute Gasteiger partial charge is 0.306 e. The Kier molecular flexibility index (Phi) is 2.87. The van der Waals surface area contributed by atoms with E-state index in [1.165, 1.54) is 0 Å². The molecule has 12 heavy (non-hydrogen) atoms. The Labute approximate surface area is 70.8 Å². The van der Waals surface area contributed by atoms with Gasteiger partial charge in [-0.15, -0.1) is 0 Å². The molecular formula is C9H10O3. The lowest BCUT2D eigenvalue weighted by Gasteiger charge is -1.89. The first-order chi connectivity index (χ1) is 5.75. The second-order valence-electron chi connectivity index (χ2n) is 2.92. The summed E-state index contributed by atoms with van der Waals surface area (Å²) >= 11 is 0. The standard InChI is InChI=1S/C9H10O3/c10-5-3-1-2-4-7-6-8(7)9(11)12/h5,7-8H,2,4,6H2,(H,11,12). The summed E-state index contributed by atoms with van der Waals surface area (Å²) in [5, 5.41) is 8.53. The molecule has 1 rings (SSSR count). The molecule has 0 saturated heterocycles. The van der Waals surface area contributed by atoms with Crippen LogP contribution in [-0.2, 0) is 9.59 Å². The maximum Gasteiger partial charge on any atom is 0.306 e. The van der Waals surface area contributed by atoms with Crippen molar-refractivity contribution in [2.24, 2.45) is 11.8 Å². The summed E-state index contributed by atoms with van der Waals surface area (Å²) < 4.78 is 0. The maximum atomic E-state index is 10.4. The van der Waals surface area contributed by atoms with Crippen LogP contribution in [-0.4, -0.2) is 17.4 Å². The molecule has 0 aromatic heterocycles. The van der Waals surface area contributed by atoms with Crippen LogP contribution in [0.3, 0.4) is 0 Å². The second kappa shape index (κ2) is 3.91. The van der Waals surface area contributed by atoms with Crippen molar-refractivity contribution < 1.29 is 14.7 Å². The molecule has 0 heterocycles. The minimum Gasteiger partial charge on any atom is -0.481 e. The Morgan fingerprint density at radius 2 is 2.42 bits per heavy atom. The Morgan fingerprint density at radius 1 is 1.67 bits per heavy atom. The van der Waals surface area contributed by atoms with Gasteiger partial charge in [0.1, 0.15) is 0 Å². The molecule has 1 aliphatic rings. The third-order valence-electron chi connectivity index (χ3n) is 2.04. The zero-order chi connectivity index (χ0) is 8.97. The quantitative estimate of drug-likeness (QED) is 0.495. The molecule has 0 amide bonds. The summed E-state index contributed by atoms with van der Waals surface area (Å²) in [7, 11) is 0. The van der Waals surface area contributed by atoms with E-state index in [0.29, 0.717) is 18.6 Å². The summed E-state index contributed by atoms with van der Waals surface area (Å²) in [6, 6.07) is 0. The summed E-state index contributed by atoms with van der Waals surface area (Å²) in [6.45, 7) is 0. The first-order valence-corrected chi connectivity index (χ1v) is 3.90. The lowest BCUT2D eigenvalue weighted by atomic mass is 10.2. The van der Waals surface area contributed by atoms with Crippen LogP contribution < -0.4 is 0 Å². The molecule has 0 aromatic carbocycles. The highest BCUT2D eigenvalue weighted by Crippen LogP contribution is 2.41. The van der Waals surface area contributed by atoms with Crippen molar-refractivity contribution in [1.82, 2.24) is 0 Å². The molecule has 0 spiro atoms. The lowest BCUT2D eigenvalue weighted by molar-refractivity contribution is -0.138. The molecular weight excluding hydrogens is 156 g/mol. The van der Waals surface area contributed by atoms with Crippen LogP contribution in [0.5, 0.6) is 0 Å². The Bertz CT molecular complexity index is 246. The molecule has 64 valence electrons. The zero-order valence-corrected chi connectivity index (χ0v) is 6.62. The van der Waals surface area contributed by atoms with E-state index in [-0.39, 0.29) is 5.92 Å². The van der Waals surface area contributed by atoms with Crippen molar-refractivity contribution in [3.05, 3.63) is 0 Å². The van der Waals surface area contributed by atoms with Gasteiger partial charge in [-0.1, -0.05) is 5.92 Å². The minimum atomic E-state index is -0.705. The van der Waals surface area contributed by atoms with Crippen molar-refractivity contribution in [3.63, 3.8) is 0 Å². The van der Waals surface area contributed by atoms with Crippen molar-refractivity contribution >= 4 is 12.3 Å². The van der Waals surface area contributed by atoms with Crippen LogP contribution in [0.4, 0.5) is 0 Å². The van der Waals surface area contributed by atoms with Gasteiger partial charge in [0.2, 0.25) is 0 Å². The van der Waals surface area contributed by atoms with Crippen LogP contribution >= 0.6 is 0 Å². The fourth-order valence-corrected chi connectivity index (χ4v) is 1.24. The maximum absolute atomic E-state index is 10.4. The molecule has 3 heteroatoms. The van der Waals surface area contributed by atoms with Gasteiger partial charge in [-0.05, 0) is 24.7 Å². The van der Waals surface area contributed by atoms with Gasteiger partial charge in [0.25, 0.3) is 0 Å². The van der Waals surface area contributed by atoms with E-state index in [1.54, 1.807) is 0 Å². The van der Waals surface area contributed by atoms with Gasteiger partial charge < -0.3 is 5.11 Å². The minimum absolute atomic E-state index is 0.150. The third-order valence-corrected chi connectivity index (χ3v) is 2.04.